The van der Waals surface area contributed by atoms with Gasteiger partial charge in [-0.05, 0) is 17.7 Å². The predicted octanol–water partition coefficient (Wildman–Crippen LogP) is 0.799. The maximum absolute atomic E-state index is 13.3. The number of hydrogen-bond acceptors (Lipinski definition) is 3. The molecule has 1 rings (SSSR count). The summed E-state index contributed by atoms with van der Waals surface area (Å²) in [5.41, 5.74) is 5.91. The number of carbonyl (C=O) groups excluding carboxylic acids is 1. The molecule has 4 nitrogen and oxygen atoms in total. The predicted molar refractivity (Wildman–Crippen MR) is 58.5 cm³/mol. The van der Waals surface area contributed by atoms with Gasteiger partial charge in [0.1, 0.15) is 0 Å². The van der Waals surface area contributed by atoms with Crippen LogP contribution in [0.2, 0.25) is 0 Å². The second kappa shape index (κ2) is 6.07. The summed E-state index contributed by atoms with van der Waals surface area (Å²) in [6.45, 7) is 0.600. The molecule has 0 aromatic heterocycles. The number of carbonyl (C=O) groups is 1. The molecular weight excluding hydrogens is 211 g/mol. The van der Waals surface area contributed by atoms with Crippen LogP contribution < -0.4 is 15.8 Å². The lowest BCUT2D eigenvalue weighted by molar-refractivity contribution is -0.121. The highest BCUT2D eigenvalue weighted by atomic mass is 19.1. The second-order valence-corrected chi connectivity index (χ2v) is 3.28. The fourth-order valence-electron chi connectivity index (χ4n) is 1.24. The monoisotopic (exact) mass is 226 g/mol. The third kappa shape index (κ3) is 3.51. The van der Waals surface area contributed by atoms with Crippen LogP contribution in [0.1, 0.15) is 12.0 Å². The van der Waals surface area contributed by atoms with E-state index in [-0.39, 0.29) is 18.1 Å². The Morgan fingerprint density at radius 3 is 2.88 bits per heavy atom. The van der Waals surface area contributed by atoms with Crippen LogP contribution in [0.4, 0.5) is 4.39 Å². The average Bonchev–Trinajstić information content (AvgIpc) is 2.27. The lowest BCUT2D eigenvalue weighted by Crippen LogP contribution is -2.25. The van der Waals surface area contributed by atoms with Crippen LogP contribution in [0, 0.1) is 5.82 Å². The van der Waals surface area contributed by atoms with Gasteiger partial charge in [-0.3, -0.25) is 4.79 Å². The Hall–Kier alpha value is -1.62. The van der Waals surface area contributed by atoms with Crippen LogP contribution in [0.15, 0.2) is 18.2 Å². The molecule has 88 valence electrons. The summed E-state index contributed by atoms with van der Waals surface area (Å²) in [6, 6.07) is 4.56. The molecule has 3 N–H and O–H groups in total. The van der Waals surface area contributed by atoms with E-state index in [4.69, 9.17) is 10.5 Å². The van der Waals surface area contributed by atoms with Crippen molar-refractivity contribution in [3.8, 4) is 5.75 Å². The van der Waals surface area contributed by atoms with Crippen LogP contribution in [-0.4, -0.2) is 19.6 Å². The first-order chi connectivity index (χ1) is 7.67. The number of halogens is 1. The first-order valence-electron chi connectivity index (χ1n) is 4.96. The van der Waals surface area contributed by atoms with Gasteiger partial charge in [0.25, 0.3) is 0 Å². The van der Waals surface area contributed by atoms with Crippen molar-refractivity contribution < 1.29 is 13.9 Å². The molecule has 0 atom stereocenters. The Morgan fingerprint density at radius 1 is 1.56 bits per heavy atom. The molecule has 0 spiro atoms. The van der Waals surface area contributed by atoms with Gasteiger partial charge in [-0.15, -0.1) is 0 Å². The van der Waals surface area contributed by atoms with Crippen LogP contribution in [0.3, 0.4) is 0 Å². The van der Waals surface area contributed by atoms with Crippen molar-refractivity contribution in [2.75, 3.05) is 13.7 Å². The maximum Gasteiger partial charge on any atom is 0.221 e. The fourth-order valence-corrected chi connectivity index (χ4v) is 1.24. The highest BCUT2D eigenvalue weighted by molar-refractivity contribution is 5.76. The SMILES string of the molecule is COc1ccc(CNC(=O)CCN)cc1F. The van der Waals surface area contributed by atoms with Gasteiger partial charge < -0.3 is 15.8 Å². The number of hydrogen-bond donors (Lipinski definition) is 2. The molecule has 0 saturated heterocycles. The van der Waals surface area contributed by atoms with E-state index in [9.17, 15) is 9.18 Å². The molecule has 0 aliphatic rings. The topological polar surface area (TPSA) is 64.3 Å². The summed E-state index contributed by atoms with van der Waals surface area (Å²) < 4.78 is 18.1. The van der Waals surface area contributed by atoms with Crippen LogP contribution in [0.25, 0.3) is 0 Å². The zero-order chi connectivity index (χ0) is 12.0. The minimum Gasteiger partial charge on any atom is -0.494 e. The molecule has 1 aromatic rings. The molecule has 1 aromatic carbocycles. The van der Waals surface area contributed by atoms with Crippen molar-refractivity contribution in [3.63, 3.8) is 0 Å². The third-order valence-electron chi connectivity index (χ3n) is 2.08. The number of nitrogens with one attached hydrogen (secondary N) is 1. The first-order valence-corrected chi connectivity index (χ1v) is 4.96. The zero-order valence-corrected chi connectivity index (χ0v) is 9.13. The number of amides is 1. The molecule has 0 fully saturated rings. The molecular formula is C11H15FN2O2. The van der Waals surface area contributed by atoms with Gasteiger partial charge in [0, 0.05) is 19.5 Å². The van der Waals surface area contributed by atoms with Crippen molar-refractivity contribution in [3.05, 3.63) is 29.6 Å². The molecule has 0 aliphatic heterocycles. The Kier molecular flexibility index (Phi) is 4.72. The molecule has 5 heteroatoms. The van der Waals surface area contributed by atoms with Crippen molar-refractivity contribution in [2.45, 2.75) is 13.0 Å². The van der Waals surface area contributed by atoms with Gasteiger partial charge in [0.15, 0.2) is 11.6 Å². The smallest absolute Gasteiger partial charge is 0.221 e. The molecule has 0 aliphatic carbocycles. The van der Waals surface area contributed by atoms with Crippen LogP contribution >= 0.6 is 0 Å². The van der Waals surface area contributed by atoms with E-state index in [1.807, 2.05) is 0 Å². The Bertz CT molecular complexity index is 369. The summed E-state index contributed by atoms with van der Waals surface area (Å²) >= 11 is 0. The summed E-state index contributed by atoms with van der Waals surface area (Å²) in [4.78, 5) is 11.1. The highest BCUT2D eigenvalue weighted by Gasteiger charge is 2.04. The number of benzene rings is 1. The zero-order valence-electron chi connectivity index (χ0n) is 9.13. The largest absolute Gasteiger partial charge is 0.494 e. The van der Waals surface area contributed by atoms with E-state index in [0.717, 1.165) is 0 Å². The van der Waals surface area contributed by atoms with E-state index < -0.39 is 5.82 Å². The van der Waals surface area contributed by atoms with Gasteiger partial charge in [-0.1, -0.05) is 6.07 Å². The van der Waals surface area contributed by atoms with Gasteiger partial charge in [0.05, 0.1) is 7.11 Å². The van der Waals surface area contributed by atoms with E-state index in [1.165, 1.54) is 19.2 Å². The fraction of sp³-hybridized carbons (Fsp3) is 0.364. The van der Waals surface area contributed by atoms with Gasteiger partial charge in [0.2, 0.25) is 5.91 Å². The Balaban J connectivity index is 2.55. The van der Waals surface area contributed by atoms with Crippen molar-refractivity contribution in [1.82, 2.24) is 5.32 Å². The van der Waals surface area contributed by atoms with Crippen molar-refractivity contribution in [2.24, 2.45) is 5.73 Å². The third-order valence-corrected chi connectivity index (χ3v) is 2.08. The number of methoxy groups -OCH3 is 1. The molecule has 0 radical (unpaired) electrons. The summed E-state index contributed by atoms with van der Waals surface area (Å²) in [5, 5.41) is 2.64. The number of nitrogens with two attached hydrogens (primary N) is 1. The van der Waals surface area contributed by atoms with Crippen LogP contribution in [-0.2, 0) is 11.3 Å². The quantitative estimate of drug-likeness (QED) is 0.780. The van der Waals surface area contributed by atoms with Crippen molar-refractivity contribution >= 4 is 5.91 Å². The Labute approximate surface area is 93.6 Å². The second-order valence-electron chi connectivity index (χ2n) is 3.28. The average molecular weight is 226 g/mol. The summed E-state index contributed by atoms with van der Waals surface area (Å²) in [7, 11) is 1.40. The molecule has 0 saturated carbocycles. The molecule has 0 unspecified atom stereocenters. The van der Waals surface area contributed by atoms with E-state index >= 15 is 0 Å². The molecule has 0 bridgehead atoms. The molecule has 0 heterocycles. The lowest BCUT2D eigenvalue weighted by atomic mass is 10.2. The Morgan fingerprint density at radius 2 is 2.31 bits per heavy atom. The lowest BCUT2D eigenvalue weighted by Gasteiger charge is -2.06. The molecule has 1 amide bonds. The van der Waals surface area contributed by atoms with Crippen molar-refractivity contribution in [1.29, 1.82) is 0 Å². The number of ether oxygens (including phenoxy) is 1. The highest BCUT2D eigenvalue weighted by Crippen LogP contribution is 2.17. The van der Waals surface area contributed by atoms with Gasteiger partial charge in [-0.2, -0.15) is 0 Å². The van der Waals surface area contributed by atoms with Gasteiger partial charge in [-0.25, -0.2) is 4.39 Å². The van der Waals surface area contributed by atoms with E-state index in [2.05, 4.69) is 5.32 Å². The van der Waals surface area contributed by atoms with Gasteiger partial charge >= 0.3 is 0 Å². The minimum absolute atomic E-state index is 0.140. The standard InChI is InChI=1S/C11H15FN2O2/c1-16-10-3-2-8(6-9(10)12)7-14-11(15)4-5-13/h2-3,6H,4-5,7,13H2,1H3,(H,14,15). The number of rotatable bonds is 5. The molecule has 16 heavy (non-hydrogen) atoms. The van der Waals surface area contributed by atoms with E-state index in [1.54, 1.807) is 6.07 Å². The minimum atomic E-state index is -0.437. The summed E-state index contributed by atoms with van der Waals surface area (Å²) in [5.74, 6) is -0.385. The maximum atomic E-state index is 13.3. The van der Waals surface area contributed by atoms with Crippen LogP contribution in [0.5, 0.6) is 5.75 Å². The summed E-state index contributed by atoms with van der Waals surface area (Å²) in [6.07, 6.45) is 0.276. The van der Waals surface area contributed by atoms with E-state index in [0.29, 0.717) is 18.7 Å². The first kappa shape index (κ1) is 12.4. The normalized spacial score (nSPS) is 9.94.